The molecule has 4 N–H and O–H groups in total. The second-order valence-electron chi connectivity index (χ2n) is 2.87. The van der Waals surface area contributed by atoms with Crippen molar-refractivity contribution < 1.29 is 19.8 Å². The molecular formula is C9H9NO4. The van der Waals surface area contributed by atoms with E-state index in [1.54, 1.807) is 0 Å². The topological polar surface area (TPSA) is 101 Å². The molecule has 0 amide bonds. The zero-order chi connectivity index (χ0) is 10.9. The van der Waals surface area contributed by atoms with Crippen molar-refractivity contribution in [2.75, 3.05) is 5.73 Å². The van der Waals surface area contributed by atoms with Crippen LogP contribution >= 0.6 is 0 Å². The third-order valence-corrected chi connectivity index (χ3v) is 1.83. The summed E-state index contributed by atoms with van der Waals surface area (Å²) in [6, 6.07) is 2.42. The summed E-state index contributed by atoms with van der Waals surface area (Å²) in [5, 5.41) is 17.4. The van der Waals surface area contributed by atoms with E-state index in [4.69, 9.17) is 15.9 Å². The summed E-state index contributed by atoms with van der Waals surface area (Å²) >= 11 is 0. The van der Waals surface area contributed by atoms with Crippen LogP contribution in [0.3, 0.4) is 0 Å². The molecule has 0 atom stereocenters. The lowest BCUT2D eigenvalue weighted by Gasteiger charge is -2.06. The molecule has 74 valence electrons. The molecule has 0 fully saturated rings. The Morgan fingerprint density at radius 3 is 2.14 bits per heavy atom. The molecule has 0 radical (unpaired) electrons. The Morgan fingerprint density at radius 2 is 1.79 bits per heavy atom. The number of anilines is 1. The van der Waals surface area contributed by atoms with Gasteiger partial charge in [-0.25, -0.2) is 9.59 Å². The van der Waals surface area contributed by atoms with Crippen LogP contribution in [0.15, 0.2) is 12.1 Å². The molecule has 0 aliphatic carbocycles. The molecule has 0 aliphatic rings. The van der Waals surface area contributed by atoms with Crippen molar-refractivity contribution >= 4 is 17.6 Å². The predicted molar refractivity (Wildman–Crippen MR) is 49.5 cm³/mol. The molecule has 5 nitrogen and oxygen atoms in total. The van der Waals surface area contributed by atoms with Crippen LogP contribution in [-0.2, 0) is 0 Å². The normalized spacial score (nSPS) is 9.79. The Kier molecular flexibility index (Phi) is 2.42. The lowest BCUT2D eigenvalue weighted by Crippen LogP contribution is -2.08. The molecule has 1 rings (SSSR count). The first-order valence-electron chi connectivity index (χ1n) is 3.80. The fraction of sp³-hybridized carbons (Fsp3) is 0.111. The zero-order valence-corrected chi connectivity index (χ0v) is 7.44. The van der Waals surface area contributed by atoms with Crippen LogP contribution in [0.4, 0.5) is 5.69 Å². The molecule has 0 unspecified atom stereocenters. The summed E-state index contributed by atoms with van der Waals surface area (Å²) in [6.07, 6.45) is 0. The highest BCUT2D eigenvalue weighted by atomic mass is 16.4. The predicted octanol–water partition coefficient (Wildman–Crippen LogP) is 0.974. The first kappa shape index (κ1) is 10.0. The van der Waals surface area contributed by atoms with Gasteiger partial charge in [-0.3, -0.25) is 0 Å². The Balaban J connectivity index is 3.39. The largest absolute Gasteiger partial charge is 0.478 e. The fourth-order valence-corrected chi connectivity index (χ4v) is 1.23. The van der Waals surface area contributed by atoms with E-state index in [1.807, 2.05) is 0 Å². The number of nitrogens with two attached hydrogens (primary N) is 1. The van der Waals surface area contributed by atoms with E-state index >= 15 is 0 Å². The SMILES string of the molecule is Cc1cc(C(=O)O)cc(N)c1C(=O)O. The Bertz CT molecular complexity index is 388. The maximum Gasteiger partial charge on any atom is 0.338 e. The van der Waals surface area contributed by atoms with Gasteiger partial charge < -0.3 is 15.9 Å². The highest BCUT2D eigenvalue weighted by Gasteiger charge is 2.14. The van der Waals surface area contributed by atoms with Crippen molar-refractivity contribution in [3.63, 3.8) is 0 Å². The highest BCUT2D eigenvalue weighted by Crippen LogP contribution is 2.19. The maximum atomic E-state index is 10.7. The van der Waals surface area contributed by atoms with E-state index in [9.17, 15) is 9.59 Å². The molecule has 0 saturated heterocycles. The first-order valence-corrected chi connectivity index (χ1v) is 3.80. The summed E-state index contributed by atoms with van der Waals surface area (Å²) in [7, 11) is 0. The van der Waals surface area contributed by atoms with Gasteiger partial charge in [-0.05, 0) is 24.6 Å². The summed E-state index contributed by atoms with van der Waals surface area (Å²) in [5.74, 6) is -2.28. The quantitative estimate of drug-likeness (QED) is 0.610. The minimum atomic E-state index is -1.16. The minimum absolute atomic E-state index is 0.00926. The van der Waals surface area contributed by atoms with Gasteiger partial charge in [0.15, 0.2) is 0 Å². The van der Waals surface area contributed by atoms with Gasteiger partial charge in [-0.1, -0.05) is 0 Å². The second kappa shape index (κ2) is 3.37. The molecule has 0 heterocycles. The fourth-order valence-electron chi connectivity index (χ4n) is 1.23. The van der Waals surface area contributed by atoms with Crippen LogP contribution in [0, 0.1) is 6.92 Å². The minimum Gasteiger partial charge on any atom is -0.478 e. The number of carboxylic acids is 2. The number of hydrogen-bond acceptors (Lipinski definition) is 3. The van der Waals surface area contributed by atoms with Crippen LogP contribution < -0.4 is 5.73 Å². The van der Waals surface area contributed by atoms with Crippen LogP contribution in [0.2, 0.25) is 0 Å². The molecular weight excluding hydrogens is 186 g/mol. The third-order valence-electron chi connectivity index (χ3n) is 1.83. The van der Waals surface area contributed by atoms with Crippen LogP contribution in [0.5, 0.6) is 0 Å². The smallest absolute Gasteiger partial charge is 0.338 e. The monoisotopic (exact) mass is 195 g/mol. The number of carbonyl (C=O) groups is 2. The van der Waals surface area contributed by atoms with Crippen molar-refractivity contribution in [2.24, 2.45) is 0 Å². The first-order chi connectivity index (χ1) is 6.43. The number of rotatable bonds is 2. The average molecular weight is 195 g/mol. The number of nitrogen functional groups attached to an aromatic ring is 1. The van der Waals surface area contributed by atoms with Crippen molar-refractivity contribution in [1.29, 1.82) is 0 Å². The summed E-state index contributed by atoms with van der Waals surface area (Å²) < 4.78 is 0. The third kappa shape index (κ3) is 1.66. The molecule has 0 spiro atoms. The van der Waals surface area contributed by atoms with Gasteiger partial charge in [0.05, 0.1) is 11.1 Å². The van der Waals surface area contributed by atoms with Crippen LogP contribution in [-0.4, -0.2) is 22.2 Å². The van der Waals surface area contributed by atoms with Crippen LogP contribution in [0.1, 0.15) is 26.3 Å². The summed E-state index contributed by atoms with van der Waals surface area (Å²) in [4.78, 5) is 21.3. The zero-order valence-electron chi connectivity index (χ0n) is 7.44. The van der Waals surface area contributed by atoms with E-state index < -0.39 is 11.9 Å². The Hall–Kier alpha value is -2.04. The molecule has 0 aromatic heterocycles. The number of aryl methyl sites for hydroxylation is 1. The van der Waals surface area contributed by atoms with Gasteiger partial charge in [-0.2, -0.15) is 0 Å². The summed E-state index contributed by atoms with van der Waals surface area (Å²) in [6.45, 7) is 1.51. The van der Waals surface area contributed by atoms with Crippen molar-refractivity contribution in [2.45, 2.75) is 6.92 Å². The van der Waals surface area contributed by atoms with Gasteiger partial charge in [0.2, 0.25) is 0 Å². The Labute approximate surface area is 79.8 Å². The lowest BCUT2D eigenvalue weighted by molar-refractivity contribution is 0.0681. The van der Waals surface area contributed by atoms with Crippen molar-refractivity contribution in [3.05, 3.63) is 28.8 Å². The van der Waals surface area contributed by atoms with E-state index in [2.05, 4.69) is 0 Å². The van der Waals surface area contributed by atoms with Gasteiger partial charge >= 0.3 is 11.9 Å². The van der Waals surface area contributed by atoms with E-state index in [-0.39, 0.29) is 16.8 Å². The van der Waals surface area contributed by atoms with Crippen LogP contribution in [0.25, 0.3) is 0 Å². The number of carboxylic acid groups (broad SMARTS) is 2. The Morgan fingerprint density at radius 1 is 1.21 bits per heavy atom. The second-order valence-corrected chi connectivity index (χ2v) is 2.87. The van der Waals surface area contributed by atoms with Gasteiger partial charge in [0.1, 0.15) is 0 Å². The van der Waals surface area contributed by atoms with Gasteiger partial charge in [0, 0.05) is 5.69 Å². The lowest BCUT2D eigenvalue weighted by atomic mass is 10.0. The number of aromatic carboxylic acids is 2. The molecule has 1 aromatic rings. The van der Waals surface area contributed by atoms with Gasteiger partial charge in [0.25, 0.3) is 0 Å². The molecule has 0 aliphatic heterocycles. The molecule has 1 aromatic carbocycles. The van der Waals surface area contributed by atoms with Crippen molar-refractivity contribution in [1.82, 2.24) is 0 Å². The van der Waals surface area contributed by atoms with Crippen molar-refractivity contribution in [3.8, 4) is 0 Å². The van der Waals surface area contributed by atoms with E-state index in [1.165, 1.54) is 13.0 Å². The number of hydrogen-bond donors (Lipinski definition) is 3. The standard InChI is InChI=1S/C9H9NO4/c1-4-2-5(8(11)12)3-6(10)7(4)9(13)14/h2-3H,10H2,1H3,(H,11,12)(H,13,14). The average Bonchev–Trinajstić information content (AvgIpc) is 2.01. The molecule has 0 bridgehead atoms. The molecule has 14 heavy (non-hydrogen) atoms. The molecule has 0 saturated carbocycles. The van der Waals surface area contributed by atoms with E-state index in [0.29, 0.717) is 5.56 Å². The highest BCUT2D eigenvalue weighted by molar-refractivity contribution is 5.98. The summed E-state index contributed by atoms with van der Waals surface area (Å²) in [5.41, 5.74) is 5.67. The van der Waals surface area contributed by atoms with Gasteiger partial charge in [-0.15, -0.1) is 0 Å². The number of benzene rings is 1. The van der Waals surface area contributed by atoms with E-state index in [0.717, 1.165) is 6.07 Å². The molecule has 5 heteroatoms. The maximum absolute atomic E-state index is 10.7.